The Balaban J connectivity index is 1.75. The van der Waals surface area contributed by atoms with Crippen molar-refractivity contribution in [1.29, 1.82) is 0 Å². The van der Waals surface area contributed by atoms with E-state index < -0.39 is 17.7 Å². The summed E-state index contributed by atoms with van der Waals surface area (Å²) < 4.78 is 6.23. The fraction of sp³-hybridized carbons (Fsp3) is 0.304. The van der Waals surface area contributed by atoms with Gasteiger partial charge in [0, 0.05) is 41.2 Å². The number of aliphatic hydroxyl groups excluding tert-OH is 1. The first-order valence-corrected chi connectivity index (χ1v) is 11.2. The molecule has 1 N–H and O–H groups in total. The van der Waals surface area contributed by atoms with Gasteiger partial charge < -0.3 is 14.7 Å². The molecule has 0 spiro atoms. The highest BCUT2D eigenvalue weighted by Gasteiger charge is 2.46. The first-order valence-electron chi connectivity index (χ1n) is 10.1. The topological polar surface area (TPSA) is 70.1 Å². The minimum atomic E-state index is -0.751. The zero-order valence-corrected chi connectivity index (χ0v) is 19.1. The number of ketones is 1. The van der Waals surface area contributed by atoms with Crippen LogP contribution in [0.3, 0.4) is 0 Å². The van der Waals surface area contributed by atoms with Gasteiger partial charge in [0.1, 0.15) is 5.76 Å². The lowest BCUT2D eigenvalue weighted by Gasteiger charge is -2.31. The van der Waals surface area contributed by atoms with Crippen molar-refractivity contribution in [3.8, 4) is 0 Å². The monoisotopic (exact) mass is 504 g/mol. The Labute approximate surface area is 194 Å². The van der Waals surface area contributed by atoms with E-state index in [-0.39, 0.29) is 11.3 Å². The number of carbonyl (C=O) groups is 2. The standard InChI is InChI=1S/C23H22BrClN2O4/c24-16-7-5-15(6-8-16)21(28)19-20(17-3-1-2-4-18(17)25)27(23(30)22(19)29)10-9-26-11-13-31-14-12-26/h1-8,20,28H,9-14H2/t20-/m0/s1. The molecule has 2 aromatic rings. The van der Waals surface area contributed by atoms with E-state index in [9.17, 15) is 14.7 Å². The van der Waals surface area contributed by atoms with Gasteiger partial charge in [-0.15, -0.1) is 0 Å². The van der Waals surface area contributed by atoms with Crippen LogP contribution in [0.25, 0.3) is 5.76 Å². The summed E-state index contributed by atoms with van der Waals surface area (Å²) >= 11 is 9.83. The summed E-state index contributed by atoms with van der Waals surface area (Å²) in [7, 11) is 0. The fourth-order valence-electron chi connectivity index (χ4n) is 3.97. The molecule has 31 heavy (non-hydrogen) atoms. The summed E-state index contributed by atoms with van der Waals surface area (Å²) in [6, 6.07) is 13.3. The van der Waals surface area contributed by atoms with Crippen LogP contribution in [0, 0.1) is 0 Å². The molecule has 0 aliphatic carbocycles. The lowest BCUT2D eigenvalue weighted by molar-refractivity contribution is -0.140. The number of nitrogens with zero attached hydrogens (tertiary/aromatic N) is 2. The number of halogens is 2. The van der Waals surface area contributed by atoms with Crippen LogP contribution < -0.4 is 0 Å². The van der Waals surface area contributed by atoms with Crippen LogP contribution >= 0.6 is 27.5 Å². The molecule has 1 amide bonds. The highest BCUT2D eigenvalue weighted by atomic mass is 79.9. The smallest absolute Gasteiger partial charge is 0.295 e. The molecule has 2 aromatic carbocycles. The number of hydrogen-bond acceptors (Lipinski definition) is 5. The second-order valence-corrected chi connectivity index (χ2v) is 8.80. The molecule has 6 nitrogen and oxygen atoms in total. The summed E-state index contributed by atoms with van der Waals surface area (Å²) in [4.78, 5) is 29.8. The molecule has 8 heteroatoms. The first kappa shape index (κ1) is 22.0. The number of hydrogen-bond donors (Lipinski definition) is 1. The zero-order valence-electron chi connectivity index (χ0n) is 16.8. The number of amides is 1. The van der Waals surface area contributed by atoms with Crippen molar-refractivity contribution >= 4 is 45.0 Å². The summed E-state index contributed by atoms with van der Waals surface area (Å²) in [5, 5.41) is 11.5. The highest BCUT2D eigenvalue weighted by molar-refractivity contribution is 9.10. The van der Waals surface area contributed by atoms with Gasteiger partial charge in [-0.05, 0) is 23.8 Å². The summed E-state index contributed by atoms with van der Waals surface area (Å²) in [6.45, 7) is 3.80. The molecule has 2 heterocycles. The van der Waals surface area contributed by atoms with Crippen molar-refractivity contribution in [1.82, 2.24) is 9.80 Å². The van der Waals surface area contributed by atoms with Gasteiger partial charge in [0.25, 0.3) is 11.7 Å². The minimum Gasteiger partial charge on any atom is -0.507 e. The van der Waals surface area contributed by atoms with Gasteiger partial charge >= 0.3 is 0 Å². The SMILES string of the molecule is O=C1C(=O)N(CCN2CCOCC2)[C@@H](c2ccccc2Cl)C1=C(O)c1ccc(Br)cc1. The Kier molecular flexibility index (Phi) is 6.77. The van der Waals surface area contributed by atoms with Crippen molar-refractivity contribution < 1.29 is 19.4 Å². The summed E-state index contributed by atoms with van der Waals surface area (Å²) in [6.07, 6.45) is 0. The van der Waals surface area contributed by atoms with E-state index in [1.54, 1.807) is 42.5 Å². The van der Waals surface area contributed by atoms with Crippen LogP contribution in [0.1, 0.15) is 17.2 Å². The molecule has 0 saturated carbocycles. The number of rotatable bonds is 5. The van der Waals surface area contributed by atoms with E-state index in [0.29, 0.717) is 42.5 Å². The maximum Gasteiger partial charge on any atom is 0.295 e. The molecular weight excluding hydrogens is 484 g/mol. The number of Topliss-reactive ketones (excluding diaryl/α,β-unsaturated/α-hetero) is 1. The predicted molar refractivity (Wildman–Crippen MR) is 122 cm³/mol. The van der Waals surface area contributed by atoms with Gasteiger partial charge in [0.15, 0.2) is 0 Å². The maximum atomic E-state index is 13.0. The van der Waals surface area contributed by atoms with Crippen molar-refractivity contribution in [2.45, 2.75) is 6.04 Å². The molecule has 0 radical (unpaired) electrons. The van der Waals surface area contributed by atoms with E-state index in [1.165, 1.54) is 4.90 Å². The van der Waals surface area contributed by atoms with Gasteiger partial charge in [0.2, 0.25) is 0 Å². The molecule has 0 bridgehead atoms. The van der Waals surface area contributed by atoms with Gasteiger partial charge in [-0.2, -0.15) is 0 Å². The summed E-state index contributed by atoms with van der Waals surface area (Å²) in [5.74, 6) is -1.53. The molecule has 0 unspecified atom stereocenters. The Bertz CT molecular complexity index is 1020. The number of ether oxygens (including phenoxy) is 1. The fourth-order valence-corrected chi connectivity index (χ4v) is 4.47. The average Bonchev–Trinajstić information content (AvgIpc) is 3.03. The number of aliphatic hydroxyl groups is 1. The van der Waals surface area contributed by atoms with Crippen LogP contribution in [0.4, 0.5) is 0 Å². The van der Waals surface area contributed by atoms with Crippen molar-refractivity contribution in [2.75, 3.05) is 39.4 Å². The Morgan fingerprint density at radius 2 is 1.74 bits per heavy atom. The zero-order chi connectivity index (χ0) is 22.0. The average molecular weight is 506 g/mol. The van der Waals surface area contributed by atoms with Crippen molar-refractivity contribution in [3.05, 3.63) is 74.7 Å². The normalized spacial score (nSPS) is 21.6. The van der Waals surface area contributed by atoms with Gasteiger partial charge in [-0.25, -0.2) is 0 Å². The van der Waals surface area contributed by atoms with Crippen LogP contribution in [0.5, 0.6) is 0 Å². The third kappa shape index (κ3) is 4.55. The minimum absolute atomic E-state index is 0.0578. The van der Waals surface area contributed by atoms with Crippen molar-refractivity contribution in [3.63, 3.8) is 0 Å². The third-order valence-electron chi connectivity index (χ3n) is 5.62. The number of likely N-dealkylation sites (tertiary alicyclic amines) is 1. The van der Waals surface area contributed by atoms with Crippen LogP contribution in [0.2, 0.25) is 5.02 Å². The molecule has 162 valence electrons. The molecule has 1 atom stereocenters. The van der Waals surface area contributed by atoms with Gasteiger partial charge in [-0.1, -0.05) is 57.9 Å². The first-order chi connectivity index (χ1) is 15.0. The Morgan fingerprint density at radius 3 is 2.42 bits per heavy atom. The molecule has 0 aromatic heterocycles. The molecule has 4 rings (SSSR count). The number of benzene rings is 2. The molecule has 2 saturated heterocycles. The Morgan fingerprint density at radius 1 is 1.06 bits per heavy atom. The lowest BCUT2D eigenvalue weighted by atomic mass is 9.95. The van der Waals surface area contributed by atoms with Gasteiger partial charge in [-0.3, -0.25) is 14.5 Å². The molecule has 2 aliphatic rings. The maximum absolute atomic E-state index is 13.0. The number of morpholine rings is 1. The molecular formula is C23H22BrClN2O4. The van der Waals surface area contributed by atoms with Crippen molar-refractivity contribution in [2.24, 2.45) is 0 Å². The lowest BCUT2D eigenvalue weighted by Crippen LogP contribution is -2.42. The van der Waals surface area contributed by atoms with E-state index in [4.69, 9.17) is 16.3 Å². The van der Waals surface area contributed by atoms with Gasteiger partial charge in [0.05, 0.1) is 24.8 Å². The summed E-state index contributed by atoms with van der Waals surface area (Å²) in [5.41, 5.74) is 1.14. The third-order valence-corrected chi connectivity index (χ3v) is 6.49. The Hall–Kier alpha value is -2.19. The number of carbonyl (C=O) groups excluding carboxylic acids is 2. The molecule has 2 fully saturated rings. The molecule has 2 aliphatic heterocycles. The van der Waals surface area contributed by atoms with Crippen LogP contribution in [-0.4, -0.2) is 66.0 Å². The van der Waals surface area contributed by atoms with Crippen LogP contribution in [-0.2, 0) is 14.3 Å². The van der Waals surface area contributed by atoms with E-state index in [1.807, 2.05) is 6.07 Å². The van der Waals surface area contributed by atoms with E-state index >= 15 is 0 Å². The quantitative estimate of drug-likeness (QED) is 0.380. The second-order valence-electron chi connectivity index (χ2n) is 7.47. The highest BCUT2D eigenvalue weighted by Crippen LogP contribution is 2.41. The second kappa shape index (κ2) is 9.53. The van der Waals surface area contributed by atoms with Crippen LogP contribution in [0.15, 0.2) is 58.6 Å². The van der Waals surface area contributed by atoms with E-state index in [0.717, 1.165) is 17.6 Å². The largest absolute Gasteiger partial charge is 0.507 e. The van der Waals surface area contributed by atoms with E-state index in [2.05, 4.69) is 20.8 Å². The predicted octanol–water partition coefficient (Wildman–Crippen LogP) is 3.86.